The fourth-order valence-corrected chi connectivity index (χ4v) is 4.81. The van der Waals surface area contributed by atoms with Gasteiger partial charge in [-0.05, 0) is 60.4 Å². The van der Waals surface area contributed by atoms with Crippen molar-refractivity contribution in [3.63, 3.8) is 0 Å². The van der Waals surface area contributed by atoms with E-state index in [0.29, 0.717) is 31.7 Å². The summed E-state index contributed by atoms with van der Waals surface area (Å²) in [4.78, 5) is 22.6. The number of benzene rings is 1. The lowest BCUT2D eigenvalue weighted by Gasteiger charge is -2.21. The van der Waals surface area contributed by atoms with Crippen molar-refractivity contribution in [2.45, 2.75) is 38.8 Å². The van der Waals surface area contributed by atoms with Gasteiger partial charge in [-0.15, -0.1) is 5.10 Å². The molecule has 0 radical (unpaired) electrons. The zero-order chi connectivity index (χ0) is 23.0. The molecule has 1 saturated carbocycles. The zero-order valence-corrected chi connectivity index (χ0v) is 17.7. The standard InChI is InChI=1S/C20H17F4N5O.C2H6/c21-14-2-3-16(20(22,23)24)15(8-14)11-6-12-9-28(10-13(12)7-11)18(30)17-26-19-25-4-1-5-29(19)27-17;1-2/h1-5,8,11-13H,6-7,9-10H2;1-2H3/t11?,12-,13?;/m0./s1. The smallest absolute Gasteiger partial charge is 0.335 e. The third kappa shape index (κ3) is 4.05. The lowest BCUT2D eigenvalue weighted by atomic mass is 9.91. The summed E-state index contributed by atoms with van der Waals surface area (Å²) in [7, 11) is 0. The van der Waals surface area contributed by atoms with Crippen molar-refractivity contribution in [1.29, 1.82) is 0 Å². The number of carbonyl (C=O) groups is 1. The molecule has 0 N–H and O–H groups in total. The summed E-state index contributed by atoms with van der Waals surface area (Å²) in [5.74, 6) is -0.841. The number of rotatable bonds is 2. The van der Waals surface area contributed by atoms with Crippen LogP contribution in [0.2, 0.25) is 0 Å². The number of fused-ring (bicyclic) bond motifs is 2. The van der Waals surface area contributed by atoms with Crippen LogP contribution in [0, 0.1) is 17.7 Å². The van der Waals surface area contributed by atoms with Crippen molar-refractivity contribution >= 4 is 11.7 Å². The molecule has 1 saturated heterocycles. The third-order valence-corrected chi connectivity index (χ3v) is 6.10. The van der Waals surface area contributed by atoms with Crippen LogP contribution >= 0.6 is 0 Å². The number of amides is 1. The molecule has 1 aromatic carbocycles. The molecule has 6 nitrogen and oxygen atoms in total. The van der Waals surface area contributed by atoms with E-state index in [0.717, 1.165) is 18.2 Å². The Hall–Kier alpha value is -3.04. The normalized spacial score (nSPS) is 22.6. The molecule has 3 aromatic rings. The van der Waals surface area contributed by atoms with Gasteiger partial charge >= 0.3 is 6.18 Å². The number of hydrogen-bond donors (Lipinski definition) is 0. The van der Waals surface area contributed by atoms with Gasteiger partial charge in [0.25, 0.3) is 11.7 Å². The van der Waals surface area contributed by atoms with E-state index in [9.17, 15) is 22.4 Å². The third-order valence-electron chi connectivity index (χ3n) is 6.10. The molecular weight excluding hydrogens is 426 g/mol. The molecule has 170 valence electrons. The Morgan fingerprint density at radius 1 is 1.12 bits per heavy atom. The predicted molar refractivity (Wildman–Crippen MR) is 108 cm³/mol. The highest BCUT2D eigenvalue weighted by Crippen LogP contribution is 2.49. The van der Waals surface area contributed by atoms with Gasteiger partial charge < -0.3 is 4.90 Å². The van der Waals surface area contributed by atoms with Gasteiger partial charge in [-0.3, -0.25) is 4.79 Å². The van der Waals surface area contributed by atoms with E-state index < -0.39 is 17.6 Å². The van der Waals surface area contributed by atoms with E-state index in [1.807, 2.05) is 13.8 Å². The summed E-state index contributed by atoms with van der Waals surface area (Å²) < 4.78 is 55.2. The fraction of sp³-hybridized carbons (Fsp3) is 0.455. The van der Waals surface area contributed by atoms with Crippen molar-refractivity contribution in [2.24, 2.45) is 11.8 Å². The first kappa shape index (κ1) is 22.2. The second-order valence-corrected chi connectivity index (χ2v) is 7.93. The highest BCUT2D eigenvalue weighted by atomic mass is 19.4. The van der Waals surface area contributed by atoms with Gasteiger partial charge in [0.2, 0.25) is 5.82 Å². The Morgan fingerprint density at radius 2 is 1.81 bits per heavy atom. The van der Waals surface area contributed by atoms with Gasteiger partial charge in [-0.2, -0.15) is 18.2 Å². The highest BCUT2D eigenvalue weighted by Gasteiger charge is 2.45. The van der Waals surface area contributed by atoms with E-state index in [4.69, 9.17) is 0 Å². The largest absolute Gasteiger partial charge is 0.416 e. The van der Waals surface area contributed by atoms with Crippen LogP contribution in [0.5, 0.6) is 0 Å². The first-order valence-corrected chi connectivity index (χ1v) is 10.6. The van der Waals surface area contributed by atoms with E-state index in [1.165, 1.54) is 4.52 Å². The molecule has 1 aliphatic carbocycles. The molecule has 3 atom stereocenters. The summed E-state index contributed by atoms with van der Waals surface area (Å²) >= 11 is 0. The van der Waals surface area contributed by atoms with Gasteiger partial charge in [0.1, 0.15) is 5.82 Å². The summed E-state index contributed by atoms with van der Waals surface area (Å²) in [6, 6.07) is 4.35. The van der Waals surface area contributed by atoms with Crippen molar-refractivity contribution in [1.82, 2.24) is 24.5 Å². The van der Waals surface area contributed by atoms with Gasteiger partial charge in [-0.1, -0.05) is 13.8 Å². The van der Waals surface area contributed by atoms with Gasteiger partial charge in [0.15, 0.2) is 0 Å². The summed E-state index contributed by atoms with van der Waals surface area (Å²) in [6.45, 7) is 4.86. The molecule has 0 spiro atoms. The lowest BCUT2D eigenvalue weighted by molar-refractivity contribution is -0.138. The van der Waals surface area contributed by atoms with E-state index in [1.54, 1.807) is 23.4 Å². The lowest BCUT2D eigenvalue weighted by Crippen LogP contribution is -2.30. The Labute approximate surface area is 182 Å². The van der Waals surface area contributed by atoms with Crippen LogP contribution in [0.4, 0.5) is 17.6 Å². The van der Waals surface area contributed by atoms with Crippen LogP contribution in [0.25, 0.3) is 5.78 Å². The van der Waals surface area contributed by atoms with Crippen LogP contribution in [-0.4, -0.2) is 43.5 Å². The highest BCUT2D eigenvalue weighted by molar-refractivity contribution is 5.91. The summed E-state index contributed by atoms with van der Waals surface area (Å²) in [5, 5.41) is 4.15. The topological polar surface area (TPSA) is 63.4 Å². The molecule has 32 heavy (non-hydrogen) atoms. The number of aromatic nitrogens is 4. The minimum absolute atomic E-state index is 0.0165. The second-order valence-electron chi connectivity index (χ2n) is 7.93. The number of carbonyl (C=O) groups excluding carboxylic acids is 1. The minimum atomic E-state index is -4.52. The number of alkyl halides is 3. The molecule has 10 heteroatoms. The number of halogens is 4. The number of nitrogens with zero attached hydrogens (tertiary/aromatic N) is 5. The molecule has 2 unspecified atom stereocenters. The Morgan fingerprint density at radius 3 is 2.44 bits per heavy atom. The number of likely N-dealkylation sites (tertiary alicyclic amines) is 1. The molecule has 2 aliphatic rings. The SMILES string of the molecule is CC.O=C(c1nc2ncccn2n1)N1CC2CC(c3cc(F)ccc3C(F)(F)F)C[C@H]2C1. The van der Waals surface area contributed by atoms with Crippen LogP contribution in [0.1, 0.15) is 54.4 Å². The van der Waals surface area contributed by atoms with E-state index >= 15 is 0 Å². The quantitative estimate of drug-likeness (QED) is 0.538. The first-order valence-electron chi connectivity index (χ1n) is 10.6. The molecular formula is C22H23F4N5O. The summed E-state index contributed by atoms with van der Waals surface area (Å²) in [5.41, 5.74) is -0.758. The van der Waals surface area contributed by atoms with Crippen molar-refractivity contribution in [3.05, 3.63) is 59.4 Å². The zero-order valence-electron chi connectivity index (χ0n) is 17.7. The average molecular weight is 449 g/mol. The molecule has 2 aromatic heterocycles. The predicted octanol–water partition coefficient (Wildman–Crippen LogP) is 4.57. The van der Waals surface area contributed by atoms with Crippen molar-refractivity contribution < 1.29 is 22.4 Å². The fourth-order valence-electron chi connectivity index (χ4n) is 4.81. The van der Waals surface area contributed by atoms with E-state index in [-0.39, 0.29) is 35.0 Å². The summed E-state index contributed by atoms with van der Waals surface area (Å²) in [6.07, 6.45) is -0.346. The average Bonchev–Trinajstić information content (AvgIpc) is 3.46. The molecule has 1 amide bonds. The van der Waals surface area contributed by atoms with Crippen molar-refractivity contribution in [3.8, 4) is 0 Å². The molecule has 0 bridgehead atoms. The maximum absolute atomic E-state index is 13.7. The van der Waals surface area contributed by atoms with Crippen LogP contribution < -0.4 is 0 Å². The van der Waals surface area contributed by atoms with Gasteiger partial charge in [-0.25, -0.2) is 13.9 Å². The second kappa shape index (κ2) is 8.48. The van der Waals surface area contributed by atoms with Crippen LogP contribution in [0.15, 0.2) is 36.7 Å². The maximum Gasteiger partial charge on any atom is 0.416 e. The molecule has 3 heterocycles. The Bertz CT molecular complexity index is 1080. The Balaban J connectivity index is 0.00000119. The number of hydrogen-bond acceptors (Lipinski definition) is 4. The Kier molecular flexibility index (Phi) is 5.87. The molecule has 2 fully saturated rings. The maximum atomic E-state index is 13.7. The first-order chi connectivity index (χ1) is 15.3. The van der Waals surface area contributed by atoms with Gasteiger partial charge in [0.05, 0.1) is 5.56 Å². The van der Waals surface area contributed by atoms with Crippen LogP contribution in [0.3, 0.4) is 0 Å². The van der Waals surface area contributed by atoms with Crippen molar-refractivity contribution in [2.75, 3.05) is 13.1 Å². The van der Waals surface area contributed by atoms with Crippen LogP contribution in [-0.2, 0) is 6.18 Å². The van der Waals surface area contributed by atoms with E-state index in [2.05, 4.69) is 15.1 Å². The minimum Gasteiger partial charge on any atom is -0.335 e. The monoisotopic (exact) mass is 449 g/mol. The molecule has 5 rings (SSSR count). The molecule has 1 aliphatic heterocycles. The van der Waals surface area contributed by atoms with Gasteiger partial charge in [0, 0.05) is 25.5 Å².